The van der Waals surface area contributed by atoms with Crippen molar-refractivity contribution in [2.24, 2.45) is 0 Å². The van der Waals surface area contributed by atoms with E-state index in [1.54, 1.807) is 14.1 Å². The van der Waals surface area contributed by atoms with Crippen molar-refractivity contribution >= 4 is 27.7 Å². The van der Waals surface area contributed by atoms with Gasteiger partial charge in [0.05, 0.1) is 0 Å². The number of amides is 2. The third-order valence-electron chi connectivity index (χ3n) is 1.95. The number of alkyl halides is 1. The predicted molar refractivity (Wildman–Crippen MR) is 64.0 cm³/mol. The lowest BCUT2D eigenvalue weighted by atomic mass is 10.2. The molecule has 4 nitrogen and oxygen atoms in total. The van der Waals surface area contributed by atoms with E-state index < -0.39 is 0 Å². The Morgan fingerprint density at radius 1 is 1.20 bits per heavy atom. The van der Waals surface area contributed by atoms with Gasteiger partial charge < -0.3 is 10.2 Å². The summed E-state index contributed by atoms with van der Waals surface area (Å²) in [5.41, 5.74) is 0. The molecule has 0 aliphatic rings. The van der Waals surface area contributed by atoms with E-state index in [2.05, 4.69) is 21.2 Å². The Labute approximate surface area is 99.5 Å². The van der Waals surface area contributed by atoms with Gasteiger partial charge in [0.2, 0.25) is 11.8 Å². The topological polar surface area (TPSA) is 49.4 Å². The highest BCUT2D eigenvalue weighted by Gasteiger charge is 2.05. The summed E-state index contributed by atoms with van der Waals surface area (Å²) in [5.74, 6) is 0.0678. The van der Waals surface area contributed by atoms with E-state index in [4.69, 9.17) is 0 Å². The van der Waals surface area contributed by atoms with Crippen LogP contribution < -0.4 is 5.32 Å². The smallest absolute Gasteiger partial charge is 0.223 e. The van der Waals surface area contributed by atoms with Crippen molar-refractivity contribution in [1.29, 1.82) is 0 Å². The van der Waals surface area contributed by atoms with Gasteiger partial charge in [0, 0.05) is 38.8 Å². The number of rotatable bonds is 7. The van der Waals surface area contributed by atoms with Crippen LogP contribution in [0.4, 0.5) is 0 Å². The maximum Gasteiger partial charge on any atom is 0.223 e. The van der Waals surface area contributed by atoms with E-state index in [0.29, 0.717) is 19.4 Å². The van der Waals surface area contributed by atoms with Crippen LogP contribution in [0.25, 0.3) is 0 Å². The van der Waals surface area contributed by atoms with Gasteiger partial charge in [-0.3, -0.25) is 9.59 Å². The van der Waals surface area contributed by atoms with Crippen LogP contribution in [0.2, 0.25) is 0 Å². The second-order valence-corrected chi connectivity index (χ2v) is 4.33. The van der Waals surface area contributed by atoms with Gasteiger partial charge in [-0.2, -0.15) is 0 Å². The normalized spacial score (nSPS) is 9.80. The third-order valence-corrected chi connectivity index (χ3v) is 2.51. The Balaban J connectivity index is 3.42. The summed E-state index contributed by atoms with van der Waals surface area (Å²) in [6.45, 7) is 0.435. The van der Waals surface area contributed by atoms with Crippen LogP contribution in [0.5, 0.6) is 0 Å². The van der Waals surface area contributed by atoms with Crippen molar-refractivity contribution in [3.05, 3.63) is 0 Å². The van der Waals surface area contributed by atoms with Crippen LogP contribution in [0.1, 0.15) is 25.7 Å². The molecular weight excluding hydrogens is 260 g/mol. The molecule has 0 unspecified atom stereocenters. The standard InChI is InChI=1S/C10H19BrN2O2/c1-13(2)10(15)6-8-12-9(14)5-3-4-7-11/h3-8H2,1-2H3,(H,12,14). The van der Waals surface area contributed by atoms with Gasteiger partial charge in [-0.05, 0) is 12.8 Å². The van der Waals surface area contributed by atoms with E-state index in [0.717, 1.165) is 18.2 Å². The van der Waals surface area contributed by atoms with Crippen molar-refractivity contribution in [3.8, 4) is 0 Å². The SMILES string of the molecule is CN(C)C(=O)CCNC(=O)CCCCBr. The van der Waals surface area contributed by atoms with E-state index in [-0.39, 0.29) is 11.8 Å². The molecular formula is C10H19BrN2O2. The zero-order chi connectivity index (χ0) is 11.7. The fraction of sp³-hybridized carbons (Fsp3) is 0.800. The monoisotopic (exact) mass is 278 g/mol. The first-order chi connectivity index (χ1) is 7.07. The average molecular weight is 279 g/mol. The minimum Gasteiger partial charge on any atom is -0.356 e. The first-order valence-corrected chi connectivity index (χ1v) is 6.23. The van der Waals surface area contributed by atoms with Crippen molar-refractivity contribution in [2.75, 3.05) is 26.0 Å². The fourth-order valence-electron chi connectivity index (χ4n) is 1.00. The summed E-state index contributed by atoms with van der Waals surface area (Å²) in [7, 11) is 3.42. The number of nitrogens with zero attached hydrogens (tertiary/aromatic N) is 1. The number of carbonyl (C=O) groups excluding carboxylic acids is 2. The largest absolute Gasteiger partial charge is 0.356 e. The molecule has 0 rings (SSSR count). The molecule has 0 aliphatic carbocycles. The maximum absolute atomic E-state index is 11.2. The minimum atomic E-state index is 0.0301. The highest BCUT2D eigenvalue weighted by atomic mass is 79.9. The van der Waals surface area contributed by atoms with Gasteiger partial charge in [0.15, 0.2) is 0 Å². The van der Waals surface area contributed by atoms with Crippen LogP contribution in [0.3, 0.4) is 0 Å². The van der Waals surface area contributed by atoms with Crippen molar-refractivity contribution in [1.82, 2.24) is 10.2 Å². The summed E-state index contributed by atoms with van der Waals surface area (Å²) in [6.07, 6.45) is 2.81. The highest BCUT2D eigenvalue weighted by molar-refractivity contribution is 9.09. The molecule has 0 spiro atoms. The highest BCUT2D eigenvalue weighted by Crippen LogP contribution is 1.98. The second kappa shape index (κ2) is 8.71. The summed E-state index contributed by atoms with van der Waals surface area (Å²) >= 11 is 3.31. The number of hydrogen-bond donors (Lipinski definition) is 1. The van der Waals surface area contributed by atoms with E-state index >= 15 is 0 Å². The minimum absolute atomic E-state index is 0.0301. The molecule has 15 heavy (non-hydrogen) atoms. The van der Waals surface area contributed by atoms with Crippen LogP contribution in [0.15, 0.2) is 0 Å². The fourth-order valence-corrected chi connectivity index (χ4v) is 1.40. The number of carbonyl (C=O) groups is 2. The van der Waals surface area contributed by atoms with Crippen molar-refractivity contribution < 1.29 is 9.59 Å². The molecule has 88 valence electrons. The molecule has 0 fully saturated rings. The van der Waals surface area contributed by atoms with Gasteiger partial charge in [-0.15, -0.1) is 0 Å². The molecule has 2 amide bonds. The Morgan fingerprint density at radius 3 is 2.40 bits per heavy atom. The number of halogens is 1. The number of nitrogens with one attached hydrogen (secondary N) is 1. The number of hydrogen-bond acceptors (Lipinski definition) is 2. The van der Waals surface area contributed by atoms with Gasteiger partial charge >= 0.3 is 0 Å². The zero-order valence-corrected chi connectivity index (χ0v) is 11.0. The first kappa shape index (κ1) is 14.4. The Morgan fingerprint density at radius 2 is 1.87 bits per heavy atom. The molecule has 0 saturated carbocycles. The van der Waals surface area contributed by atoms with Crippen LogP contribution >= 0.6 is 15.9 Å². The predicted octanol–water partition coefficient (Wildman–Crippen LogP) is 1.15. The number of unbranched alkanes of at least 4 members (excludes halogenated alkanes) is 1. The van der Waals surface area contributed by atoms with Crippen molar-refractivity contribution in [3.63, 3.8) is 0 Å². The lowest BCUT2D eigenvalue weighted by molar-refractivity contribution is -0.128. The van der Waals surface area contributed by atoms with Crippen LogP contribution in [-0.4, -0.2) is 42.7 Å². The quantitative estimate of drug-likeness (QED) is 0.561. The Bertz CT molecular complexity index is 208. The zero-order valence-electron chi connectivity index (χ0n) is 9.38. The summed E-state index contributed by atoms with van der Waals surface area (Å²) in [6, 6.07) is 0. The lowest BCUT2D eigenvalue weighted by Gasteiger charge is -2.10. The molecule has 0 saturated heterocycles. The van der Waals surface area contributed by atoms with Gasteiger partial charge in [-0.1, -0.05) is 15.9 Å². The molecule has 0 radical (unpaired) electrons. The van der Waals surface area contributed by atoms with E-state index in [1.807, 2.05) is 0 Å². The summed E-state index contributed by atoms with van der Waals surface area (Å²) < 4.78 is 0. The molecule has 0 aliphatic heterocycles. The molecule has 0 aromatic rings. The molecule has 0 bridgehead atoms. The van der Waals surface area contributed by atoms with E-state index in [1.165, 1.54) is 4.90 Å². The average Bonchev–Trinajstić information content (AvgIpc) is 2.18. The Hall–Kier alpha value is -0.580. The summed E-state index contributed by atoms with van der Waals surface area (Å²) in [4.78, 5) is 23.9. The molecule has 0 aromatic heterocycles. The first-order valence-electron chi connectivity index (χ1n) is 5.10. The van der Waals surface area contributed by atoms with Gasteiger partial charge in [0.25, 0.3) is 0 Å². The Kier molecular flexibility index (Phi) is 8.37. The molecule has 5 heteroatoms. The van der Waals surface area contributed by atoms with E-state index in [9.17, 15) is 9.59 Å². The molecule has 1 N–H and O–H groups in total. The van der Waals surface area contributed by atoms with Crippen molar-refractivity contribution in [2.45, 2.75) is 25.7 Å². The third kappa shape index (κ3) is 8.42. The maximum atomic E-state index is 11.2. The molecule has 0 heterocycles. The summed E-state index contributed by atoms with van der Waals surface area (Å²) in [5, 5.41) is 3.66. The van der Waals surface area contributed by atoms with Gasteiger partial charge in [-0.25, -0.2) is 0 Å². The van der Waals surface area contributed by atoms with Gasteiger partial charge in [0.1, 0.15) is 0 Å². The lowest BCUT2D eigenvalue weighted by Crippen LogP contribution is -2.30. The molecule has 0 aromatic carbocycles. The second-order valence-electron chi connectivity index (χ2n) is 3.53. The molecule has 0 atom stereocenters. The van der Waals surface area contributed by atoms with Crippen LogP contribution in [0, 0.1) is 0 Å². The van der Waals surface area contributed by atoms with Crippen LogP contribution in [-0.2, 0) is 9.59 Å².